The molecule has 0 radical (unpaired) electrons. The Bertz CT molecular complexity index is 686. The molecule has 0 bridgehead atoms. The highest BCUT2D eigenvalue weighted by Gasteiger charge is 2.25. The van der Waals surface area contributed by atoms with Gasteiger partial charge >= 0.3 is 5.97 Å². The van der Waals surface area contributed by atoms with Crippen molar-refractivity contribution in [1.82, 2.24) is 0 Å². The van der Waals surface area contributed by atoms with E-state index in [-0.39, 0.29) is 6.61 Å². The van der Waals surface area contributed by atoms with Gasteiger partial charge < -0.3 is 19.8 Å². The summed E-state index contributed by atoms with van der Waals surface area (Å²) in [7, 11) is 1.96. The topological polar surface area (TPSA) is 93.7 Å². The van der Waals surface area contributed by atoms with Crippen LogP contribution >= 0.6 is 11.3 Å². The van der Waals surface area contributed by atoms with Crippen LogP contribution in [0.15, 0.2) is 22.8 Å². The Morgan fingerprint density at radius 2 is 2.32 bits per heavy atom. The third kappa shape index (κ3) is 3.47. The minimum absolute atomic E-state index is 0.285. The van der Waals surface area contributed by atoms with Gasteiger partial charge in [0.1, 0.15) is 29.0 Å². The van der Waals surface area contributed by atoms with Gasteiger partial charge in [-0.3, -0.25) is 0 Å². The van der Waals surface area contributed by atoms with Crippen LogP contribution in [0.2, 0.25) is 0 Å². The molecule has 2 aromatic rings. The SMILES string of the molecule is CCOC(=O)c1sc(N)c(C#N)c1C[NH+](C)Cc1ccco1. The number of carbonyl (C=O) groups is 1. The summed E-state index contributed by atoms with van der Waals surface area (Å²) < 4.78 is 10.4. The van der Waals surface area contributed by atoms with E-state index in [4.69, 9.17) is 14.9 Å². The van der Waals surface area contributed by atoms with Crippen molar-refractivity contribution in [2.45, 2.75) is 20.0 Å². The van der Waals surface area contributed by atoms with E-state index in [0.717, 1.165) is 22.0 Å². The van der Waals surface area contributed by atoms with Crippen molar-refractivity contribution in [1.29, 1.82) is 5.26 Å². The first kappa shape index (κ1) is 16.1. The standard InChI is InChI=1S/C15H17N3O3S/c1-3-20-15(19)13-12(11(7-16)14(17)22-13)9-18(2)8-10-5-4-6-21-10/h4-6H,3,8-9,17H2,1-2H3/p+1. The highest BCUT2D eigenvalue weighted by Crippen LogP contribution is 2.30. The van der Waals surface area contributed by atoms with E-state index >= 15 is 0 Å². The number of hydrogen-bond acceptors (Lipinski definition) is 6. The molecule has 6 nitrogen and oxygen atoms in total. The van der Waals surface area contributed by atoms with Crippen molar-refractivity contribution in [3.63, 3.8) is 0 Å². The number of nitrogens with zero attached hydrogens (tertiary/aromatic N) is 1. The van der Waals surface area contributed by atoms with Gasteiger partial charge in [-0.05, 0) is 19.1 Å². The monoisotopic (exact) mass is 320 g/mol. The number of ether oxygens (including phenoxy) is 1. The van der Waals surface area contributed by atoms with Gasteiger partial charge in [0.15, 0.2) is 5.76 Å². The minimum Gasteiger partial charge on any atom is -0.463 e. The molecule has 1 unspecified atom stereocenters. The molecule has 2 rings (SSSR count). The fourth-order valence-electron chi connectivity index (χ4n) is 2.21. The van der Waals surface area contributed by atoms with Gasteiger partial charge in [0, 0.05) is 0 Å². The Labute approximate surface area is 132 Å². The molecule has 2 aromatic heterocycles. The summed E-state index contributed by atoms with van der Waals surface area (Å²) in [5.74, 6) is 0.415. The van der Waals surface area contributed by atoms with Crippen LogP contribution in [-0.2, 0) is 17.8 Å². The van der Waals surface area contributed by atoms with Crippen LogP contribution in [0.1, 0.15) is 33.5 Å². The molecule has 7 heteroatoms. The Morgan fingerprint density at radius 1 is 1.55 bits per heavy atom. The van der Waals surface area contributed by atoms with Crippen molar-refractivity contribution in [3.8, 4) is 6.07 Å². The van der Waals surface area contributed by atoms with Crippen LogP contribution in [0.25, 0.3) is 0 Å². The number of anilines is 1. The number of hydrogen-bond donors (Lipinski definition) is 2. The van der Waals surface area contributed by atoms with E-state index in [2.05, 4.69) is 6.07 Å². The van der Waals surface area contributed by atoms with Crippen LogP contribution in [0.3, 0.4) is 0 Å². The van der Waals surface area contributed by atoms with Crippen LogP contribution < -0.4 is 10.6 Å². The predicted molar refractivity (Wildman–Crippen MR) is 82.4 cm³/mol. The number of thiophene rings is 1. The molecule has 0 saturated heterocycles. The zero-order valence-electron chi connectivity index (χ0n) is 12.5. The minimum atomic E-state index is -0.429. The molecule has 3 N–H and O–H groups in total. The molecule has 2 heterocycles. The normalized spacial score (nSPS) is 11.9. The van der Waals surface area contributed by atoms with Crippen molar-refractivity contribution in [2.75, 3.05) is 19.4 Å². The number of nitrogens with one attached hydrogen (secondary N) is 1. The maximum Gasteiger partial charge on any atom is 0.348 e. The maximum absolute atomic E-state index is 12.0. The van der Waals surface area contributed by atoms with E-state index < -0.39 is 5.97 Å². The Hall–Kier alpha value is -2.30. The third-order valence-electron chi connectivity index (χ3n) is 3.14. The molecule has 22 heavy (non-hydrogen) atoms. The van der Waals surface area contributed by atoms with Crippen molar-refractivity contribution >= 4 is 22.3 Å². The number of carbonyl (C=O) groups excluding carboxylic acids is 1. The van der Waals surface area contributed by atoms with Gasteiger partial charge in [-0.1, -0.05) is 0 Å². The van der Waals surface area contributed by atoms with Gasteiger partial charge in [-0.25, -0.2) is 4.79 Å². The van der Waals surface area contributed by atoms with E-state index in [0.29, 0.717) is 34.1 Å². The summed E-state index contributed by atoms with van der Waals surface area (Å²) in [4.78, 5) is 13.5. The van der Waals surface area contributed by atoms with Crippen LogP contribution in [0, 0.1) is 11.3 Å². The smallest absolute Gasteiger partial charge is 0.348 e. The van der Waals surface area contributed by atoms with Gasteiger partial charge in [0.05, 0.1) is 31.0 Å². The molecule has 0 aliphatic carbocycles. The first-order chi connectivity index (χ1) is 10.6. The fraction of sp³-hybridized carbons (Fsp3) is 0.333. The highest BCUT2D eigenvalue weighted by molar-refractivity contribution is 7.18. The summed E-state index contributed by atoms with van der Waals surface area (Å²) in [6, 6.07) is 5.81. The van der Waals surface area contributed by atoms with Crippen LogP contribution in [0.5, 0.6) is 0 Å². The molecule has 0 aliphatic rings. The Kier molecular flexibility index (Phi) is 5.20. The van der Waals surface area contributed by atoms with Gasteiger partial charge in [0.25, 0.3) is 0 Å². The second-order valence-corrected chi connectivity index (χ2v) is 5.92. The fourth-order valence-corrected chi connectivity index (χ4v) is 3.14. The zero-order chi connectivity index (χ0) is 16.1. The average Bonchev–Trinajstić information content (AvgIpc) is 3.07. The van der Waals surface area contributed by atoms with Gasteiger partial charge in [0.2, 0.25) is 0 Å². The summed E-state index contributed by atoms with van der Waals surface area (Å²) in [5, 5.41) is 9.64. The summed E-state index contributed by atoms with van der Waals surface area (Å²) in [6.07, 6.45) is 1.62. The number of nitrogens with two attached hydrogens (primary N) is 1. The number of quaternary nitrogens is 1. The number of rotatable bonds is 6. The van der Waals surface area contributed by atoms with Crippen LogP contribution in [0.4, 0.5) is 5.00 Å². The number of esters is 1. The molecule has 0 aliphatic heterocycles. The molecule has 116 valence electrons. The quantitative estimate of drug-likeness (QED) is 0.780. The molecule has 1 atom stereocenters. The number of furan rings is 1. The van der Waals surface area contributed by atoms with Crippen molar-refractivity contribution < 1.29 is 18.8 Å². The Balaban J connectivity index is 2.24. The lowest BCUT2D eigenvalue weighted by Gasteiger charge is -2.13. The number of nitriles is 1. The maximum atomic E-state index is 12.0. The number of nitrogen functional groups attached to an aromatic ring is 1. The first-order valence-corrected chi connectivity index (χ1v) is 7.70. The van der Waals surface area contributed by atoms with E-state index in [1.165, 1.54) is 0 Å². The largest absolute Gasteiger partial charge is 0.463 e. The molecule has 0 saturated carbocycles. The van der Waals surface area contributed by atoms with Crippen molar-refractivity contribution in [3.05, 3.63) is 40.2 Å². The molecule has 0 fully saturated rings. The first-order valence-electron chi connectivity index (χ1n) is 6.88. The van der Waals surface area contributed by atoms with Gasteiger partial charge in [-0.15, -0.1) is 11.3 Å². The lowest BCUT2D eigenvalue weighted by molar-refractivity contribution is -0.908. The lowest BCUT2D eigenvalue weighted by atomic mass is 10.1. The summed E-state index contributed by atoms with van der Waals surface area (Å²) in [6.45, 7) is 3.17. The van der Waals surface area contributed by atoms with E-state index in [1.807, 2.05) is 19.2 Å². The molecular weight excluding hydrogens is 302 g/mol. The van der Waals surface area contributed by atoms with E-state index in [1.54, 1.807) is 13.2 Å². The predicted octanol–water partition coefficient (Wildman–Crippen LogP) is 1.19. The van der Waals surface area contributed by atoms with Gasteiger partial charge in [-0.2, -0.15) is 5.26 Å². The average molecular weight is 320 g/mol. The third-order valence-corrected chi connectivity index (χ3v) is 4.18. The summed E-state index contributed by atoms with van der Waals surface area (Å²) in [5.41, 5.74) is 6.87. The highest BCUT2D eigenvalue weighted by atomic mass is 32.1. The zero-order valence-corrected chi connectivity index (χ0v) is 13.3. The summed E-state index contributed by atoms with van der Waals surface area (Å²) >= 11 is 1.11. The Morgan fingerprint density at radius 3 is 2.91 bits per heavy atom. The second kappa shape index (κ2) is 7.11. The van der Waals surface area contributed by atoms with E-state index in [9.17, 15) is 10.1 Å². The van der Waals surface area contributed by atoms with Crippen molar-refractivity contribution in [2.24, 2.45) is 0 Å². The molecule has 0 spiro atoms. The second-order valence-electron chi connectivity index (χ2n) is 4.87. The van der Waals surface area contributed by atoms with Crippen LogP contribution in [-0.4, -0.2) is 19.6 Å². The molecule has 0 amide bonds. The molecule has 0 aromatic carbocycles. The lowest BCUT2D eigenvalue weighted by Crippen LogP contribution is -3.06. The molecular formula is C15H18N3O3S+.